The van der Waals surface area contributed by atoms with Gasteiger partial charge in [-0.15, -0.1) is 11.3 Å². The summed E-state index contributed by atoms with van der Waals surface area (Å²) in [7, 11) is 0. The van der Waals surface area contributed by atoms with E-state index < -0.39 is 5.91 Å². The molecule has 0 saturated heterocycles. The average Bonchev–Trinajstić information content (AvgIpc) is 3.19. The average molecular weight is 373 g/mol. The summed E-state index contributed by atoms with van der Waals surface area (Å²) in [4.78, 5) is 33.8. The Balaban J connectivity index is 1.54. The van der Waals surface area contributed by atoms with Crippen molar-refractivity contribution >= 4 is 34.1 Å². The van der Waals surface area contributed by atoms with Crippen LogP contribution in [-0.2, 0) is 4.79 Å². The highest BCUT2D eigenvalue weighted by Gasteiger charge is 2.19. The molecule has 2 aromatic heterocycles. The van der Waals surface area contributed by atoms with Crippen molar-refractivity contribution in [1.82, 2.24) is 20.3 Å². The fraction of sp³-hybridized carbons (Fsp3) is 0.294. The van der Waals surface area contributed by atoms with Gasteiger partial charge in [0.25, 0.3) is 5.91 Å². The molecule has 8 nitrogen and oxygen atoms in total. The summed E-state index contributed by atoms with van der Waals surface area (Å²) in [5, 5.41) is 14.2. The second-order valence-electron chi connectivity index (χ2n) is 5.79. The van der Waals surface area contributed by atoms with Gasteiger partial charge in [-0.25, -0.2) is 15.4 Å². The summed E-state index contributed by atoms with van der Waals surface area (Å²) < 4.78 is 0. The largest absolute Gasteiger partial charge is 0.335 e. The number of nitrogens with one attached hydrogen (secondary N) is 2. The number of nitrogens with zero attached hydrogens (tertiary/aromatic N) is 3. The Labute approximate surface area is 154 Å². The molecule has 0 atom stereocenters. The molecule has 3 N–H and O–H groups in total. The topological polar surface area (TPSA) is 107 Å². The molecule has 0 spiro atoms. The van der Waals surface area contributed by atoms with Gasteiger partial charge in [0.05, 0.1) is 5.56 Å². The Morgan fingerprint density at radius 1 is 1.31 bits per heavy atom. The summed E-state index contributed by atoms with van der Waals surface area (Å²) in [6, 6.07) is 3.50. The van der Waals surface area contributed by atoms with Gasteiger partial charge in [-0.3, -0.25) is 14.8 Å². The molecule has 136 valence electrons. The molecule has 1 aliphatic rings. The van der Waals surface area contributed by atoms with Crippen LogP contribution in [0.5, 0.6) is 0 Å². The Kier molecular flexibility index (Phi) is 5.92. The van der Waals surface area contributed by atoms with E-state index in [-0.39, 0.29) is 12.3 Å². The van der Waals surface area contributed by atoms with E-state index in [2.05, 4.69) is 15.3 Å². The highest BCUT2D eigenvalue weighted by Crippen LogP contribution is 2.19. The van der Waals surface area contributed by atoms with E-state index in [4.69, 9.17) is 5.21 Å². The van der Waals surface area contributed by atoms with Gasteiger partial charge in [0, 0.05) is 37.3 Å². The van der Waals surface area contributed by atoms with Crippen LogP contribution in [-0.4, -0.2) is 45.0 Å². The summed E-state index contributed by atoms with van der Waals surface area (Å²) in [6.45, 7) is 1.11. The predicted octanol–water partition coefficient (Wildman–Crippen LogP) is 2.34. The van der Waals surface area contributed by atoms with Crippen molar-refractivity contribution in [3.8, 4) is 0 Å². The van der Waals surface area contributed by atoms with Crippen LogP contribution in [0.3, 0.4) is 0 Å². The Morgan fingerprint density at radius 2 is 2.19 bits per heavy atom. The van der Waals surface area contributed by atoms with E-state index in [0.29, 0.717) is 30.9 Å². The number of pyridine rings is 1. The van der Waals surface area contributed by atoms with Gasteiger partial charge in [0.1, 0.15) is 5.82 Å². The first-order chi connectivity index (χ1) is 12.7. The summed E-state index contributed by atoms with van der Waals surface area (Å²) in [5.74, 6) is 0.170. The molecule has 26 heavy (non-hydrogen) atoms. The molecule has 2 aromatic rings. The van der Waals surface area contributed by atoms with Crippen LogP contribution >= 0.6 is 11.3 Å². The predicted molar refractivity (Wildman–Crippen MR) is 97.4 cm³/mol. The second-order valence-corrected chi connectivity index (χ2v) is 6.69. The monoisotopic (exact) mass is 373 g/mol. The lowest BCUT2D eigenvalue weighted by atomic mass is 10.0. The third-order valence-corrected chi connectivity index (χ3v) is 4.75. The second kappa shape index (κ2) is 8.54. The van der Waals surface area contributed by atoms with Crippen molar-refractivity contribution in [1.29, 1.82) is 0 Å². The lowest BCUT2D eigenvalue weighted by molar-refractivity contribution is -0.129. The third kappa shape index (κ3) is 4.64. The zero-order valence-electron chi connectivity index (χ0n) is 14.0. The lowest BCUT2D eigenvalue weighted by Gasteiger charge is -2.26. The van der Waals surface area contributed by atoms with E-state index in [1.807, 2.05) is 11.5 Å². The fourth-order valence-corrected chi connectivity index (χ4v) is 3.16. The molecule has 3 rings (SSSR count). The minimum Gasteiger partial charge on any atom is -0.335 e. The van der Waals surface area contributed by atoms with Crippen LogP contribution in [0, 0.1) is 0 Å². The van der Waals surface area contributed by atoms with Crippen molar-refractivity contribution in [3.63, 3.8) is 0 Å². The molecule has 1 aliphatic heterocycles. The standard InChI is InChI=1S/C17H19N5O3S/c23-15(21-25)4-1-12-5-8-22(9-6-12)16(24)13-2-3-14(19-11-13)20-17-18-7-10-26-17/h2-3,5,7,10-11,25H,1,4,6,8-9H2,(H,21,23)(H,18,19,20). The summed E-state index contributed by atoms with van der Waals surface area (Å²) in [5.41, 5.74) is 3.28. The van der Waals surface area contributed by atoms with Gasteiger partial charge >= 0.3 is 0 Å². The van der Waals surface area contributed by atoms with Crippen LogP contribution in [0.2, 0.25) is 0 Å². The van der Waals surface area contributed by atoms with Gasteiger partial charge in [-0.2, -0.15) is 0 Å². The SMILES string of the molecule is O=C(CCC1=CCN(C(=O)c2ccc(Nc3nccs3)nc2)CC1)NO. The van der Waals surface area contributed by atoms with E-state index in [1.165, 1.54) is 11.3 Å². The molecule has 3 heterocycles. The molecule has 0 unspecified atom stereocenters. The highest BCUT2D eigenvalue weighted by molar-refractivity contribution is 7.13. The first kappa shape index (κ1) is 18.0. The maximum atomic E-state index is 12.6. The molecule has 0 aromatic carbocycles. The van der Waals surface area contributed by atoms with E-state index in [1.54, 1.807) is 34.9 Å². The Morgan fingerprint density at radius 3 is 2.81 bits per heavy atom. The van der Waals surface area contributed by atoms with E-state index in [9.17, 15) is 9.59 Å². The lowest BCUT2D eigenvalue weighted by Crippen LogP contribution is -2.35. The van der Waals surface area contributed by atoms with Crippen LogP contribution in [0.1, 0.15) is 29.6 Å². The Hall–Kier alpha value is -2.78. The van der Waals surface area contributed by atoms with Gasteiger partial charge in [-0.1, -0.05) is 11.6 Å². The molecular formula is C17H19N5O3S. The number of aromatic nitrogens is 2. The van der Waals surface area contributed by atoms with Crippen molar-refractivity contribution in [2.75, 3.05) is 18.4 Å². The minimum atomic E-state index is -0.401. The minimum absolute atomic E-state index is 0.0679. The van der Waals surface area contributed by atoms with Crippen molar-refractivity contribution in [2.45, 2.75) is 19.3 Å². The van der Waals surface area contributed by atoms with Crippen molar-refractivity contribution < 1.29 is 14.8 Å². The van der Waals surface area contributed by atoms with Crippen LogP contribution in [0.25, 0.3) is 0 Å². The maximum absolute atomic E-state index is 12.6. The fourth-order valence-electron chi connectivity index (χ4n) is 2.62. The zero-order chi connectivity index (χ0) is 18.4. The van der Waals surface area contributed by atoms with Gasteiger partial charge in [0.2, 0.25) is 5.91 Å². The number of hydrogen-bond donors (Lipinski definition) is 3. The maximum Gasteiger partial charge on any atom is 0.255 e. The van der Waals surface area contributed by atoms with Crippen LogP contribution in [0.4, 0.5) is 10.9 Å². The number of carbonyl (C=O) groups is 2. The molecular weight excluding hydrogens is 354 g/mol. The molecule has 0 fully saturated rings. The zero-order valence-corrected chi connectivity index (χ0v) is 14.8. The molecule has 2 amide bonds. The number of carbonyl (C=O) groups excluding carboxylic acids is 2. The van der Waals surface area contributed by atoms with Crippen LogP contribution in [0.15, 0.2) is 41.6 Å². The highest BCUT2D eigenvalue weighted by atomic mass is 32.1. The molecule has 9 heteroatoms. The van der Waals surface area contributed by atoms with E-state index >= 15 is 0 Å². The third-order valence-electron chi connectivity index (χ3n) is 4.07. The molecule has 0 aliphatic carbocycles. The first-order valence-electron chi connectivity index (χ1n) is 8.18. The number of rotatable bonds is 6. The van der Waals surface area contributed by atoms with Crippen molar-refractivity contribution in [3.05, 3.63) is 47.1 Å². The normalized spacial score (nSPS) is 13.9. The molecule has 0 radical (unpaired) electrons. The quantitative estimate of drug-likeness (QED) is 0.408. The van der Waals surface area contributed by atoms with Gasteiger partial charge < -0.3 is 10.2 Å². The van der Waals surface area contributed by atoms with Crippen molar-refractivity contribution in [2.24, 2.45) is 0 Å². The summed E-state index contributed by atoms with van der Waals surface area (Å²) >= 11 is 1.48. The number of anilines is 2. The molecule has 0 saturated carbocycles. The number of thiazole rings is 1. The molecule has 0 bridgehead atoms. The number of hydroxylamine groups is 1. The van der Waals surface area contributed by atoms with E-state index in [0.717, 1.165) is 17.1 Å². The number of hydrogen-bond acceptors (Lipinski definition) is 7. The smallest absolute Gasteiger partial charge is 0.255 e. The Bertz CT molecular complexity index is 789. The van der Waals surface area contributed by atoms with Crippen LogP contribution < -0.4 is 10.8 Å². The van der Waals surface area contributed by atoms with Gasteiger partial charge in [0.15, 0.2) is 5.13 Å². The first-order valence-corrected chi connectivity index (χ1v) is 9.06. The summed E-state index contributed by atoms with van der Waals surface area (Å²) in [6.07, 6.45) is 6.79. The van der Waals surface area contributed by atoms with Gasteiger partial charge in [-0.05, 0) is 25.0 Å². The number of amides is 2.